The van der Waals surface area contributed by atoms with E-state index in [2.05, 4.69) is 9.71 Å². The molecular weight excluding hydrogens is 385 g/mol. The van der Waals surface area contributed by atoms with E-state index in [9.17, 15) is 17.6 Å². The summed E-state index contributed by atoms with van der Waals surface area (Å²) in [4.78, 5) is 16.2. The zero-order valence-corrected chi connectivity index (χ0v) is 15.8. The van der Waals surface area contributed by atoms with Crippen molar-refractivity contribution in [1.29, 1.82) is 0 Å². The highest BCUT2D eigenvalue weighted by Crippen LogP contribution is 2.24. The number of aromatic nitrogens is 2. The first-order chi connectivity index (χ1) is 13.4. The van der Waals surface area contributed by atoms with Crippen LogP contribution in [0.5, 0.6) is 5.75 Å². The van der Waals surface area contributed by atoms with Crippen LogP contribution in [-0.2, 0) is 16.6 Å². The quantitative estimate of drug-likeness (QED) is 0.652. The molecule has 0 bridgehead atoms. The highest BCUT2D eigenvalue weighted by molar-refractivity contribution is 7.89. The predicted octanol–water partition coefficient (Wildman–Crippen LogP) is 2.04. The summed E-state index contributed by atoms with van der Waals surface area (Å²) in [7, 11) is -2.71. The molecule has 0 aliphatic heterocycles. The monoisotopic (exact) mass is 403 g/mol. The molecule has 0 saturated heterocycles. The van der Waals surface area contributed by atoms with Gasteiger partial charge in [0.2, 0.25) is 10.0 Å². The van der Waals surface area contributed by atoms with Crippen molar-refractivity contribution in [2.75, 3.05) is 13.7 Å². The third-order valence-corrected chi connectivity index (χ3v) is 5.49. The number of hydrogen-bond acceptors (Lipinski definition) is 5. The third-order valence-electron chi connectivity index (χ3n) is 4.01. The lowest BCUT2D eigenvalue weighted by atomic mass is 10.1. The Morgan fingerprint density at radius 1 is 1.14 bits per heavy atom. The molecule has 2 aromatic carbocycles. The lowest BCUT2D eigenvalue weighted by molar-refractivity contribution is 0.400. The summed E-state index contributed by atoms with van der Waals surface area (Å²) in [5, 5.41) is 0. The standard InChI is InChI=1S/C19H18FN3O4S/c1-27-17-8-7-15(20)11-18(17)28(25,26)22-9-10-23-13-21-16(12-19(23)24)14-5-3-2-4-6-14/h2-8,11-13,22H,9-10H2,1H3. The van der Waals surface area contributed by atoms with Gasteiger partial charge in [-0.3, -0.25) is 9.36 Å². The van der Waals surface area contributed by atoms with E-state index in [1.807, 2.05) is 30.3 Å². The zero-order chi connectivity index (χ0) is 20.1. The van der Waals surface area contributed by atoms with Crippen LogP contribution in [-0.4, -0.2) is 31.6 Å². The van der Waals surface area contributed by atoms with Crippen molar-refractivity contribution in [2.24, 2.45) is 0 Å². The van der Waals surface area contributed by atoms with Gasteiger partial charge in [-0.1, -0.05) is 30.3 Å². The van der Waals surface area contributed by atoms with Gasteiger partial charge in [0.25, 0.3) is 5.56 Å². The number of benzene rings is 2. The largest absolute Gasteiger partial charge is 0.495 e. The van der Waals surface area contributed by atoms with Crippen LogP contribution in [0, 0.1) is 5.82 Å². The van der Waals surface area contributed by atoms with Crippen LogP contribution in [0.25, 0.3) is 11.3 Å². The van der Waals surface area contributed by atoms with E-state index in [0.29, 0.717) is 5.69 Å². The first-order valence-electron chi connectivity index (χ1n) is 8.36. The number of sulfonamides is 1. The molecule has 1 heterocycles. The Morgan fingerprint density at radius 3 is 2.57 bits per heavy atom. The van der Waals surface area contributed by atoms with Gasteiger partial charge in [0.1, 0.15) is 16.5 Å². The van der Waals surface area contributed by atoms with Gasteiger partial charge in [-0.2, -0.15) is 0 Å². The van der Waals surface area contributed by atoms with Gasteiger partial charge < -0.3 is 4.74 Å². The second kappa shape index (κ2) is 8.32. The highest BCUT2D eigenvalue weighted by atomic mass is 32.2. The SMILES string of the molecule is COc1ccc(F)cc1S(=O)(=O)NCCn1cnc(-c2ccccc2)cc1=O. The van der Waals surface area contributed by atoms with Crippen LogP contribution in [0.4, 0.5) is 4.39 Å². The van der Waals surface area contributed by atoms with Crippen molar-refractivity contribution in [3.8, 4) is 17.0 Å². The number of methoxy groups -OCH3 is 1. The number of ether oxygens (including phenoxy) is 1. The maximum Gasteiger partial charge on any atom is 0.253 e. The Morgan fingerprint density at radius 2 is 1.89 bits per heavy atom. The average molecular weight is 403 g/mol. The lowest BCUT2D eigenvalue weighted by Gasteiger charge is -2.11. The molecule has 0 saturated carbocycles. The van der Waals surface area contributed by atoms with Crippen LogP contribution >= 0.6 is 0 Å². The number of nitrogens with zero attached hydrogens (tertiary/aromatic N) is 2. The van der Waals surface area contributed by atoms with Crippen molar-refractivity contribution in [3.63, 3.8) is 0 Å². The Kier molecular flexibility index (Phi) is 5.86. The van der Waals surface area contributed by atoms with Gasteiger partial charge in [-0.25, -0.2) is 22.5 Å². The van der Waals surface area contributed by atoms with Crippen molar-refractivity contribution >= 4 is 10.0 Å². The first kappa shape index (κ1) is 19.7. The number of halogens is 1. The molecule has 146 valence electrons. The summed E-state index contributed by atoms with van der Waals surface area (Å²) in [6.45, 7) is -0.00790. The highest BCUT2D eigenvalue weighted by Gasteiger charge is 2.20. The van der Waals surface area contributed by atoms with Crippen LogP contribution in [0.3, 0.4) is 0 Å². The van der Waals surface area contributed by atoms with E-state index in [4.69, 9.17) is 4.74 Å². The predicted molar refractivity (Wildman–Crippen MR) is 102 cm³/mol. The normalized spacial score (nSPS) is 11.4. The van der Waals surface area contributed by atoms with E-state index < -0.39 is 15.8 Å². The molecule has 0 fully saturated rings. The third kappa shape index (κ3) is 4.44. The van der Waals surface area contributed by atoms with Crippen molar-refractivity contribution in [1.82, 2.24) is 14.3 Å². The Hall–Kier alpha value is -3.04. The maximum atomic E-state index is 13.4. The van der Waals surface area contributed by atoms with Gasteiger partial charge in [0.05, 0.1) is 19.1 Å². The topological polar surface area (TPSA) is 90.3 Å². The van der Waals surface area contributed by atoms with Gasteiger partial charge in [0.15, 0.2) is 0 Å². The van der Waals surface area contributed by atoms with Crippen LogP contribution in [0.2, 0.25) is 0 Å². The van der Waals surface area contributed by atoms with Crippen LogP contribution in [0.1, 0.15) is 0 Å². The Bertz CT molecular complexity index is 1130. The van der Waals surface area contributed by atoms with E-state index in [1.165, 1.54) is 30.1 Å². The fourth-order valence-electron chi connectivity index (χ4n) is 2.60. The molecule has 1 N–H and O–H groups in total. The second-order valence-electron chi connectivity index (χ2n) is 5.86. The maximum absolute atomic E-state index is 13.4. The molecule has 0 radical (unpaired) electrons. The summed E-state index contributed by atoms with van der Waals surface area (Å²) in [5.74, 6) is -0.668. The molecule has 3 aromatic rings. The van der Waals surface area contributed by atoms with Crippen molar-refractivity contribution in [2.45, 2.75) is 11.4 Å². The lowest BCUT2D eigenvalue weighted by Crippen LogP contribution is -2.31. The molecular formula is C19H18FN3O4S. The van der Waals surface area contributed by atoms with Gasteiger partial charge >= 0.3 is 0 Å². The number of nitrogens with one attached hydrogen (secondary N) is 1. The molecule has 0 atom stereocenters. The molecule has 7 nitrogen and oxygen atoms in total. The molecule has 0 spiro atoms. The van der Waals surface area contributed by atoms with Gasteiger partial charge in [0, 0.05) is 24.7 Å². The van der Waals surface area contributed by atoms with Crippen LogP contribution in [0.15, 0.2) is 70.6 Å². The average Bonchev–Trinajstić information content (AvgIpc) is 2.69. The molecule has 1 aromatic heterocycles. The molecule has 0 aliphatic rings. The Balaban J connectivity index is 1.71. The van der Waals surface area contributed by atoms with Gasteiger partial charge in [-0.05, 0) is 18.2 Å². The zero-order valence-electron chi connectivity index (χ0n) is 15.0. The fourth-order valence-corrected chi connectivity index (χ4v) is 3.80. The molecule has 3 rings (SSSR count). The molecule has 28 heavy (non-hydrogen) atoms. The molecule has 9 heteroatoms. The fraction of sp³-hybridized carbons (Fsp3) is 0.158. The van der Waals surface area contributed by atoms with E-state index in [0.717, 1.165) is 17.7 Å². The van der Waals surface area contributed by atoms with E-state index in [-0.39, 0.29) is 29.3 Å². The minimum absolute atomic E-state index is 0.0277. The summed E-state index contributed by atoms with van der Waals surface area (Å²) >= 11 is 0. The molecule has 0 unspecified atom stereocenters. The summed E-state index contributed by atoms with van der Waals surface area (Å²) in [6.07, 6.45) is 1.36. The summed E-state index contributed by atoms with van der Waals surface area (Å²) < 4.78 is 46.9. The smallest absolute Gasteiger partial charge is 0.253 e. The minimum atomic E-state index is -4.01. The van der Waals surface area contributed by atoms with Crippen molar-refractivity contribution in [3.05, 3.63) is 77.1 Å². The molecule has 0 aliphatic carbocycles. The number of rotatable bonds is 7. The second-order valence-corrected chi connectivity index (χ2v) is 7.60. The first-order valence-corrected chi connectivity index (χ1v) is 9.84. The molecule has 0 amide bonds. The Labute approximate surface area is 161 Å². The number of hydrogen-bond donors (Lipinski definition) is 1. The van der Waals surface area contributed by atoms with Gasteiger partial charge in [-0.15, -0.1) is 0 Å². The van der Waals surface area contributed by atoms with E-state index >= 15 is 0 Å². The minimum Gasteiger partial charge on any atom is -0.495 e. The van der Waals surface area contributed by atoms with E-state index in [1.54, 1.807) is 0 Å². The van der Waals surface area contributed by atoms with Crippen LogP contribution < -0.4 is 15.0 Å². The summed E-state index contributed by atoms with van der Waals surface area (Å²) in [6, 6.07) is 13.8. The van der Waals surface area contributed by atoms with Crippen molar-refractivity contribution < 1.29 is 17.5 Å². The summed E-state index contributed by atoms with van der Waals surface area (Å²) in [5.41, 5.74) is 1.04.